The molecule has 2 fully saturated rings. The quantitative estimate of drug-likeness (QED) is 0.825. The van der Waals surface area contributed by atoms with E-state index in [0.717, 1.165) is 32.1 Å². The number of nitrogens with zero attached hydrogens (tertiary/aromatic N) is 3. The fourth-order valence-corrected chi connectivity index (χ4v) is 2.71. The van der Waals surface area contributed by atoms with Crippen molar-refractivity contribution in [2.45, 2.75) is 12.8 Å². The number of rotatable bonds is 4. The summed E-state index contributed by atoms with van der Waals surface area (Å²) in [6, 6.07) is 1.61. The number of hydrogen-bond acceptors (Lipinski definition) is 5. The summed E-state index contributed by atoms with van der Waals surface area (Å²) in [5, 5.41) is 0. The lowest BCUT2D eigenvalue weighted by atomic mass is 10.2. The molecule has 2 aliphatic rings. The number of nitrogen functional groups attached to an aromatic ring is 1. The van der Waals surface area contributed by atoms with Crippen LogP contribution in [0.3, 0.4) is 0 Å². The Kier molecular flexibility index (Phi) is 3.48. The van der Waals surface area contributed by atoms with Gasteiger partial charge in [0, 0.05) is 32.7 Å². The maximum atomic E-state index is 11.5. The minimum atomic E-state index is -0.472. The molecule has 1 amide bonds. The van der Waals surface area contributed by atoms with Crippen molar-refractivity contribution in [2.75, 3.05) is 43.4 Å². The van der Waals surface area contributed by atoms with E-state index < -0.39 is 5.91 Å². The molecule has 0 unspecified atom stereocenters. The number of pyridine rings is 1. The van der Waals surface area contributed by atoms with Crippen molar-refractivity contribution >= 4 is 17.4 Å². The lowest BCUT2D eigenvalue weighted by molar-refractivity contribution is 0.100. The summed E-state index contributed by atoms with van der Waals surface area (Å²) in [7, 11) is 0. The van der Waals surface area contributed by atoms with Crippen LogP contribution in [0.1, 0.15) is 23.2 Å². The largest absolute Gasteiger partial charge is 0.397 e. The van der Waals surface area contributed by atoms with Gasteiger partial charge in [0.05, 0.1) is 17.4 Å². The first-order valence-corrected chi connectivity index (χ1v) is 7.16. The van der Waals surface area contributed by atoms with Crippen LogP contribution in [-0.2, 0) is 0 Å². The number of amides is 1. The van der Waals surface area contributed by atoms with Gasteiger partial charge >= 0.3 is 0 Å². The van der Waals surface area contributed by atoms with Crippen molar-refractivity contribution in [1.29, 1.82) is 0 Å². The van der Waals surface area contributed by atoms with E-state index in [1.807, 2.05) is 0 Å². The normalized spacial score (nSPS) is 20.1. The van der Waals surface area contributed by atoms with Crippen molar-refractivity contribution in [3.63, 3.8) is 0 Å². The minimum absolute atomic E-state index is 0.417. The highest BCUT2D eigenvalue weighted by molar-refractivity contribution is 5.98. The molecule has 1 aliphatic heterocycles. The Hall–Kier alpha value is -1.82. The predicted molar refractivity (Wildman–Crippen MR) is 78.5 cm³/mol. The molecule has 2 heterocycles. The number of piperazine rings is 1. The number of hydrogen-bond donors (Lipinski definition) is 2. The van der Waals surface area contributed by atoms with Crippen LogP contribution in [0.15, 0.2) is 12.3 Å². The number of carbonyl (C=O) groups is 1. The highest BCUT2D eigenvalue weighted by Gasteiger charge is 2.27. The predicted octanol–water partition coefficient (Wildman–Crippen LogP) is 0.295. The summed E-state index contributed by atoms with van der Waals surface area (Å²) in [5.74, 6) is 1.11. The van der Waals surface area contributed by atoms with E-state index in [2.05, 4.69) is 14.8 Å². The molecule has 1 saturated heterocycles. The molecule has 6 heteroatoms. The first kappa shape index (κ1) is 13.2. The summed E-state index contributed by atoms with van der Waals surface area (Å²) < 4.78 is 0. The molecule has 0 atom stereocenters. The van der Waals surface area contributed by atoms with Gasteiger partial charge in [-0.2, -0.15) is 0 Å². The van der Waals surface area contributed by atoms with Crippen LogP contribution in [0.5, 0.6) is 0 Å². The van der Waals surface area contributed by atoms with Crippen LogP contribution < -0.4 is 16.4 Å². The van der Waals surface area contributed by atoms with Gasteiger partial charge in [-0.15, -0.1) is 0 Å². The molecular formula is C14H21N5O. The first-order valence-electron chi connectivity index (χ1n) is 7.16. The van der Waals surface area contributed by atoms with Gasteiger partial charge in [0.2, 0.25) is 0 Å². The third-order valence-corrected chi connectivity index (χ3v) is 4.04. The molecule has 6 nitrogen and oxygen atoms in total. The zero-order valence-electron chi connectivity index (χ0n) is 11.6. The molecule has 1 saturated carbocycles. The number of nitrogens with two attached hydrogens (primary N) is 2. The fraction of sp³-hybridized carbons (Fsp3) is 0.571. The van der Waals surface area contributed by atoms with Crippen LogP contribution >= 0.6 is 0 Å². The zero-order valence-corrected chi connectivity index (χ0v) is 11.6. The topological polar surface area (TPSA) is 88.5 Å². The molecule has 1 aromatic heterocycles. The Labute approximate surface area is 118 Å². The van der Waals surface area contributed by atoms with Crippen molar-refractivity contribution in [3.8, 4) is 0 Å². The Bertz CT molecular complexity index is 506. The van der Waals surface area contributed by atoms with Gasteiger partial charge < -0.3 is 16.4 Å². The first-order chi connectivity index (χ1) is 9.63. The lowest BCUT2D eigenvalue weighted by Gasteiger charge is -2.36. The monoisotopic (exact) mass is 275 g/mol. The number of carbonyl (C=O) groups excluding carboxylic acids is 1. The Morgan fingerprint density at radius 3 is 2.60 bits per heavy atom. The van der Waals surface area contributed by atoms with E-state index in [1.165, 1.54) is 19.4 Å². The second kappa shape index (κ2) is 5.28. The van der Waals surface area contributed by atoms with E-state index in [9.17, 15) is 4.79 Å². The van der Waals surface area contributed by atoms with E-state index in [4.69, 9.17) is 11.5 Å². The van der Waals surface area contributed by atoms with E-state index >= 15 is 0 Å². The average molecular weight is 275 g/mol. The minimum Gasteiger partial charge on any atom is -0.397 e. The van der Waals surface area contributed by atoms with Gasteiger partial charge in [0.25, 0.3) is 5.91 Å². The van der Waals surface area contributed by atoms with Gasteiger partial charge in [0.15, 0.2) is 0 Å². The van der Waals surface area contributed by atoms with Crippen LogP contribution in [0, 0.1) is 5.92 Å². The molecule has 4 N–H and O–H groups in total. The maximum Gasteiger partial charge on any atom is 0.252 e. The summed E-state index contributed by atoms with van der Waals surface area (Å²) in [6.07, 6.45) is 4.34. The molecule has 0 aromatic carbocycles. The van der Waals surface area contributed by atoms with Gasteiger partial charge in [-0.1, -0.05) is 0 Å². The molecular weight excluding hydrogens is 254 g/mol. The second-order valence-corrected chi connectivity index (χ2v) is 5.74. The Balaban J connectivity index is 1.69. The fourth-order valence-electron chi connectivity index (χ4n) is 2.71. The summed E-state index contributed by atoms with van der Waals surface area (Å²) in [6.45, 7) is 5.00. The Morgan fingerprint density at radius 2 is 2.00 bits per heavy atom. The summed E-state index contributed by atoms with van der Waals surface area (Å²) in [4.78, 5) is 20.5. The highest BCUT2D eigenvalue weighted by atomic mass is 16.1. The molecule has 0 bridgehead atoms. The molecule has 108 valence electrons. The summed E-state index contributed by atoms with van der Waals surface area (Å²) >= 11 is 0. The number of primary amides is 1. The molecule has 1 aliphatic carbocycles. The number of aromatic nitrogens is 1. The molecule has 0 spiro atoms. The summed E-state index contributed by atoms with van der Waals surface area (Å²) in [5.41, 5.74) is 12.0. The third kappa shape index (κ3) is 2.85. The van der Waals surface area contributed by atoms with Gasteiger partial charge in [0.1, 0.15) is 5.82 Å². The van der Waals surface area contributed by atoms with Crippen molar-refractivity contribution in [3.05, 3.63) is 17.8 Å². The molecule has 1 aromatic rings. The van der Waals surface area contributed by atoms with Gasteiger partial charge in [-0.3, -0.25) is 9.69 Å². The maximum absolute atomic E-state index is 11.5. The lowest BCUT2D eigenvalue weighted by Crippen LogP contribution is -2.47. The van der Waals surface area contributed by atoms with E-state index in [-0.39, 0.29) is 0 Å². The van der Waals surface area contributed by atoms with E-state index in [0.29, 0.717) is 17.1 Å². The van der Waals surface area contributed by atoms with Crippen molar-refractivity contribution < 1.29 is 4.79 Å². The van der Waals surface area contributed by atoms with Gasteiger partial charge in [-0.25, -0.2) is 4.98 Å². The Morgan fingerprint density at radius 1 is 1.30 bits per heavy atom. The second-order valence-electron chi connectivity index (χ2n) is 5.74. The van der Waals surface area contributed by atoms with Crippen LogP contribution in [0.2, 0.25) is 0 Å². The van der Waals surface area contributed by atoms with Crippen molar-refractivity contribution in [2.24, 2.45) is 11.7 Å². The van der Waals surface area contributed by atoms with Crippen LogP contribution in [0.4, 0.5) is 11.5 Å². The van der Waals surface area contributed by atoms with E-state index in [1.54, 1.807) is 12.3 Å². The average Bonchev–Trinajstić information content (AvgIpc) is 3.24. The SMILES string of the molecule is NC(=O)c1cc(N)cnc1N1CCN(CC2CC2)CC1. The molecule has 0 radical (unpaired) electrons. The highest BCUT2D eigenvalue weighted by Crippen LogP contribution is 2.30. The number of anilines is 2. The van der Waals surface area contributed by atoms with Gasteiger partial charge in [-0.05, 0) is 24.8 Å². The third-order valence-electron chi connectivity index (χ3n) is 4.04. The molecule has 20 heavy (non-hydrogen) atoms. The van der Waals surface area contributed by atoms with Crippen LogP contribution in [0.25, 0.3) is 0 Å². The smallest absolute Gasteiger partial charge is 0.252 e. The zero-order chi connectivity index (χ0) is 14.1. The van der Waals surface area contributed by atoms with Crippen molar-refractivity contribution in [1.82, 2.24) is 9.88 Å². The van der Waals surface area contributed by atoms with Crippen LogP contribution in [-0.4, -0.2) is 48.5 Å². The standard InChI is InChI=1S/C14H21N5O/c15-11-7-12(13(16)20)14(17-8-11)19-5-3-18(4-6-19)9-10-1-2-10/h7-8,10H,1-6,9,15H2,(H2,16,20). The molecule has 3 rings (SSSR count).